The van der Waals surface area contributed by atoms with E-state index in [9.17, 15) is 9.90 Å². The molecule has 1 saturated heterocycles. The lowest BCUT2D eigenvalue weighted by molar-refractivity contribution is -0.117. The van der Waals surface area contributed by atoms with Crippen LogP contribution in [0.2, 0.25) is 0 Å². The summed E-state index contributed by atoms with van der Waals surface area (Å²) in [7, 11) is 0. The summed E-state index contributed by atoms with van der Waals surface area (Å²) in [5.74, 6) is 0.0808. The minimum absolute atomic E-state index is 0.0808. The molecule has 0 bridgehead atoms. The highest BCUT2D eigenvalue weighted by atomic mass is 16.3. The van der Waals surface area contributed by atoms with E-state index in [4.69, 9.17) is 0 Å². The molecule has 16 heavy (non-hydrogen) atoms. The quantitative estimate of drug-likeness (QED) is 0.791. The van der Waals surface area contributed by atoms with Crippen molar-refractivity contribution in [1.82, 2.24) is 5.43 Å². The largest absolute Gasteiger partial charge is 0.389 e. The van der Waals surface area contributed by atoms with Crippen molar-refractivity contribution in [2.24, 2.45) is 0 Å². The summed E-state index contributed by atoms with van der Waals surface area (Å²) in [4.78, 5) is 11.6. The zero-order valence-electron chi connectivity index (χ0n) is 9.47. The van der Waals surface area contributed by atoms with E-state index in [1.807, 2.05) is 31.2 Å². The highest BCUT2D eigenvalue weighted by Crippen LogP contribution is 2.21. The van der Waals surface area contributed by atoms with Gasteiger partial charge in [-0.25, -0.2) is 10.4 Å². The maximum atomic E-state index is 11.6. The number of hydrazine groups is 1. The Morgan fingerprint density at radius 1 is 1.44 bits per heavy atom. The number of anilines is 1. The van der Waals surface area contributed by atoms with Crippen LogP contribution in [-0.4, -0.2) is 17.1 Å². The summed E-state index contributed by atoms with van der Waals surface area (Å²) in [5, 5.41) is 10.9. The molecule has 4 heteroatoms. The van der Waals surface area contributed by atoms with E-state index >= 15 is 0 Å². The normalized spacial score (nSPS) is 22.6. The first-order valence-corrected chi connectivity index (χ1v) is 5.45. The number of aliphatic hydroxyl groups is 1. The molecule has 2 rings (SSSR count). The third-order valence-electron chi connectivity index (χ3n) is 2.71. The molecule has 86 valence electrons. The Kier molecular flexibility index (Phi) is 2.94. The molecule has 1 aliphatic heterocycles. The summed E-state index contributed by atoms with van der Waals surface area (Å²) in [5.41, 5.74) is 4.76. The minimum atomic E-state index is -0.477. The lowest BCUT2D eigenvalue weighted by Crippen LogP contribution is -2.36. The maximum Gasteiger partial charge on any atom is 0.242 e. The van der Waals surface area contributed by atoms with Gasteiger partial charge in [-0.2, -0.15) is 0 Å². The maximum absolute atomic E-state index is 11.6. The van der Waals surface area contributed by atoms with Gasteiger partial charge in [0, 0.05) is 12.5 Å². The number of benzene rings is 1. The van der Waals surface area contributed by atoms with Crippen LogP contribution >= 0.6 is 0 Å². The second kappa shape index (κ2) is 4.23. The summed E-state index contributed by atoms with van der Waals surface area (Å²) in [6, 6.07) is 7.52. The summed E-state index contributed by atoms with van der Waals surface area (Å²) in [6.45, 7) is 3.69. The SMILES string of the molecule is CC1CC(=O)N(c2ccc(C(C)O)cc2)N1. The van der Waals surface area contributed by atoms with Crippen LogP contribution < -0.4 is 10.4 Å². The van der Waals surface area contributed by atoms with Crippen molar-refractivity contribution >= 4 is 11.6 Å². The molecule has 0 spiro atoms. The summed E-state index contributed by atoms with van der Waals surface area (Å²) in [6.07, 6.45) is 0.0493. The molecular formula is C12H16N2O2. The first-order valence-electron chi connectivity index (χ1n) is 5.45. The van der Waals surface area contributed by atoms with Gasteiger partial charge in [-0.05, 0) is 31.5 Å². The molecule has 0 saturated carbocycles. The molecular weight excluding hydrogens is 204 g/mol. The Balaban J connectivity index is 2.19. The van der Waals surface area contributed by atoms with Crippen LogP contribution in [0.5, 0.6) is 0 Å². The molecule has 2 unspecified atom stereocenters. The molecule has 1 aromatic carbocycles. The first-order chi connectivity index (χ1) is 7.58. The van der Waals surface area contributed by atoms with Crippen LogP contribution in [0.4, 0.5) is 5.69 Å². The van der Waals surface area contributed by atoms with E-state index in [1.165, 1.54) is 0 Å². The fourth-order valence-electron chi connectivity index (χ4n) is 1.81. The van der Waals surface area contributed by atoms with Crippen molar-refractivity contribution in [3.8, 4) is 0 Å². The monoisotopic (exact) mass is 220 g/mol. The van der Waals surface area contributed by atoms with Crippen molar-refractivity contribution in [3.05, 3.63) is 29.8 Å². The standard InChI is InChI=1S/C12H16N2O2/c1-8-7-12(16)14(13-8)11-5-3-10(4-6-11)9(2)15/h3-6,8-9,13,15H,7H2,1-2H3. The molecule has 0 aromatic heterocycles. The predicted octanol–water partition coefficient (Wildman–Crippen LogP) is 1.37. The van der Waals surface area contributed by atoms with Gasteiger partial charge < -0.3 is 5.11 Å². The Hall–Kier alpha value is -1.39. The van der Waals surface area contributed by atoms with Gasteiger partial charge in [0.1, 0.15) is 0 Å². The van der Waals surface area contributed by atoms with Crippen LogP contribution in [0.3, 0.4) is 0 Å². The van der Waals surface area contributed by atoms with Crippen molar-refractivity contribution < 1.29 is 9.90 Å². The second-order valence-electron chi connectivity index (χ2n) is 4.23. The second-order valence-corrected chi connectivity index (χ2v) is 4.23. The van der Waals surface area contributed by atoms with Gasteiger partial charge in [0.15, 0.2) is 0 Å². The van der Waals surface area contributed by atoms with Crippen molar-refractivity contribution in [3.63, 3.8) is 0 Å². The number of carbonyl (C=O) groups excluding carboxylic acids is 1. The van der Waals surface area contributed by atoms with Crippen molar-refractivity contribution in [1.29, 1.82) is 0 Å². The third kappa shape index (κ3) is 2.08. The topological polar surface area (TPSA) is 52.6 Å². The summed E-state index contributed by atoms with van der Waals surface area (Å²) >= 11 is 0. The first kappa shape index (κ1) is 11.1. The van der Waals surface area contributed by atoms with E-state index in [0.29, 0.717) is 6.42 Å². The Labute approximate surface area is 94.9 Å². The average molecular weight is 220 g/mol. The third-order valence-corrected chi connectivity index (χ3v) is 2.71. The van der Waals surface area contributed by atoms with Crippen LogP contribution in [0, 0.1) is 0 Å². The van der Waals surface area contributed by atoms with Gasteiger partial charge >= 0.3 is 0 Å². The molecule has 1 fully saturated rings. The van der Waals surface area contributed by atoms with Gasteiger partial charge in [-0.15, -0.1) is 0 Å². The minimum Gasteiger partial charge on any atom is -0.389 e. The fourth-order valence-corrected chi connectivity index (χ4v) is 1.81. The number of nitrogens with zero attached hydrogens (tertiary/aromatic N) is 1. The van der Waals surface area contributed by atoms with Crippen LogP contribution in [-0.2, 0) is 4.79 Å². The molecule has 1 aromatic rings. The molecule has 2 N–H and O–H groups in total. The van der Waals surface area contributed by atoms with Gasteiger partial charge in [0.25, 0.3) is 0 Å². The van der Waals surface area contributed by atoms with Gasteiger partial charge in [-0.1, -0.05) is 12.1 Å². The smallest absolute Gasteiger partial charge is 0.242 e. The Morgan fingerprint density at radius 3 is 2.50 bits per heavy atom. The van der Waals surface area contributed by atoms with E-state index in [0.717, 1.165) is 11.3 Å². The number of carbonyl (C=O) groups is 1. The molecule has 2 atom stereocenters. The molecule has 1 aliphatic rings. The Morgan fingerprint density at radius 2 is 2.06 bits per heavy atom. The zero-order valence-corrected chi connectivity index (χ0v) is 9.47. The number of nitrogens with one attached hydrogen (secondary N) is 1. The van der Waals surface area contributed by atoms with E-state index in [1.54, 1.807) is 11.9 Å². The number of aliphatic hydroxyl groups excluding tert-OH is 1. The van der Waals surface area contributed by atoms with Crippen molar-refractivity contribution in [2.75, 3.05) is 5.01 Å². The van der Waals surface area contributed by atoms with Gasteiger partial charge in [-0.3, -0.25) is 4.79 Å². The van der Waals surface area contributed by atoms with E-state index < -0.39 is 6.10 Å². The Bertz CT molecular complexity index is 387. The lowest BCUT2D eigenvalue weighted by Gasteiger charge is -2.17. The number of hydrogen-bond donors (Lipinski definition) is 2. The number of rotatable bonds is 2. The van der Waals surface area contributed by atoms with E-state index in [-0.39, 0.29) is 11.9 Å². The molecule has 0 aliphatic carbocycles. The highest BCUT2D eigenvalue weighted by molar-refractivity contribution is 5.94. The fraction of sp³-hybridized carbons (Fsp3) is 0.417. The zero-order chi connectivity index (χ0) is 11.7. The molecule has 4 nitrogen and oxygen atoms in total. The van der Waals surface area contributed by atoms with Gasteiger partial charge in [0.05, 0.1) is 11.8 Å². The van der Waals surface area contributed by atoms with Crippen LogP contribution in [0.1, 0.15) is 31.9 Å². The molecule has 1 heterocycles. The average Bonchev–Trinajstić information content (AvgIpc) is 2.58. The van der Waals surface area contributed by atoms with Crippen LogP contribution in [0.25, 0.3) is 0 Å². The highest BCUT2D eigenvalue weighted by Gasteiger charge is 2.26. The van der Waals surface area contributed by atoms with Gasteiger partial charge in [0.2, 0.25) is 5.91 Å². The lowest BCUT2D eigenvalue weighted by atomic mass is 10.1. The number of amides is 1. The molecule has 1 amide bonds. The van der Waals surface area contributed by atoms with Crippen molar-refractivity contribution in [2.45, 2.75) is 32.4 Å². The predicted molar refractivity (Wildman–Crippen MR) is 61.8 cm³/mol. The molecule has 0 radical (unpaired) electrons. The number of hydrogen-bond acceptors (Lipinski definition) is 3. The van der Waals surface area contributed by atoms with Crippen LogP contribution in [0.15, 0.2) is 24.3 Å². The summed E-state index contributed by atoms with van der Waals surface area (Å²) < 4.78 is 0. The van der Waals surface area contributed by atoms with E-state index in [2.05, 4.69) is 5.43 Å².